The second kappa shape index (κ2) is 13.4. The molecule has 0 saturated heterocycles. The highest BCUT2D eigenvalue weighted by atomic mass is 31.2. The molecular weight excluding hydrogens is 779 g/mol. The van der Waals surface area contributed by atoms with Crippen LogP contribution < -0.4 is 36.7 Å². The molecule has 10 heteroatoms. The lowest BCUT2D eigenvalue weighted by Gasteiger charge is -2.44. The molecule has 0 N–H and O–H groups in total. The van der Waals surface area contributed by atoms with Crippen LogP contribution in [-0.4, -0.2) is 0 Å². The number of rotatable bonds is 5. The molecule has 0 saturated carbocycles. The number of anilines is 3. The van der Waals surface area contributed by atoms with Gasteiger partial charge in [-0.3, -0.25) is 0 Å². The van der Waals surface area contributed by atoms with E-state index in [0.717, 1.165) is 0 Å². The van der Waals surface area contributed by atoms with Crippen LogP contribution in [0.3, 0.4) is 0 Å². The van der Waals surface area contributed by atoms with Crippen LogP contribution in [0.25, 0.3) is 33.4 Å². The molecule has 2 atom stereocenters. The van der Waals surface area contributed by atoms with Crippen molar-refractivity contribution < 1.29 is 31.1 Å². The van der Waals surface area contributed by atoms with Gasteiger partial charge in [0.25, 0.3) is 0 Å². The van der Waals surface area contributed by atoms with E-state index in [-0.39, 0.29) is 21.2 Å². The minimum absolute atomic E-state index is 0.156. The lowest BCUT2D eigenvalue weighted by molar-refractivity contribution is 0.591. The van der Waals surface area contributed by atoms with Crippen molar-refractivity contribution in [1.82, 2.24) is 0 Å². The number of benzene rings is 8. The fraction of sp³-hybridized carbons (Fsp3) is 0. The Hall–Kier alpha value is -6.33. The third kappa shape index (κ3) is 5.54. The topological polar surface area (TPSA) is 37.4 Å². The van der Waals surface area contributed by atoms with Crippen LogP contribution in [0, 0.1) is 29.1 Å². The maximum atomic E-state index is 16.6. The van der Waals surface area contributed by atoms with Crippen molar-refractivity contribution in [1.29, 1.82) is 0 Å². The van der Waals surface area contributed by atoms with Crippen molar-refractivity contribution in [2.24, 2.45) is 0 Å². The zero-order valence-corrected chi connectivity index (χ0v) is 32.0. The van der Waals surface area contributed by atoms with Crippen LogP contribution in [0.1, 0.15) is 0 Å². The maximum absolute atomic E-state index is 16.6. The Morgan fingerprint density at radius 3 is 1.21 bits per heavy atom. The third-order valence-corrected chi connectivity index (χ3v) is 17.1. The average Bonchev–Trinajstić information content (AvgIpc) is 3.24. The maximum Gasteiger partial charge on any atom is 0.175 e. The van der Waals surface area contributed by atoms with Crippen LogP contribution in [-0.2, 0) is 9.13 Å². The number of fused-ring (bicyclic) bond motifs is 4. The Bertz CT molecular complexity index is 3100. The molecule has 10 rings (SSSR count). The molecule has 0 fully saturated rings. The molecule has 0 spiro atoms. The molecule has 8 aromatic rings. The molecule has 8 aromatic carbocycles. The van der Waals surface area contributed by atoms with Gasteiger partial charge in [0.1, 0.15) is 29.1 Å². The number of hydrogen-bond donors (Lipinski definition) is 0. The first-order valence-electron chi connectivity index (χ1n) is 18.3. The first-order valence-corrected chi connectivity index (χ1v) is 21.7. The van der Waals surface area contributed by atoms with E-state index in [1.165, 1.54) is 72.8 Å². The van der Waals surface area contributed by atoms with Crippen molar-refractivity contribution in [3.05, 3.63) is 199 Å². The Morgan fingerprint density at radius 2 is 0.724 bits per heavy atom. The minimum atomic E-state index is -4.14. The number of halogens is 5. The fourth-order valence-electron chi connectivity index (χ4n) is 8.26. The summed E-state index contributed by atoms with van der Waals surface area (Å²) in [4.78, 5) is 1.77. The van der Waals surface area contributed by atoms with E-state index in [1.54, 1.807) is 102 Å². The summed E-state index contributed by atoms with van der Waals surface area (Å²) in [6.07, 6.45) is 0. The Labute approximate surface area is 330 Å². The first kappa shape index (κ1) is 36.0. The van der Waals surface area contributed by atoms with Gasteiger partial charge in [-0.05, 0) is 130 Å². The van der Waals surface area contributed by atoms with Gasteiger partial charge in [0.2, 0.25) is 0 Å². The zero-order chi connectivity index (χ0) is 39.9. The summed E-state index contributed by atoms with van der Waals surface area (Å²) in [5.41, 5.74) is 4.41. The summed E-state index contributed by atoms with van der Waals surface area (Å²) < 4.78 is 107. The number of hydrogen-bond acceptors (Lipinski definition) is 3. The summed E-state index contributed by atoms with van der Waals surface area (Å²) in [6, 6.07) is 42.9. The molecule has 58 heavy (non-hydrogen) atoms. The third-order valence-electron chi connectivity index (χ3n) is 10.9. The van der Waals surface area contributed by atoms with Crippen molar-refractivity contribution in [2.75, 3.05) is 4.90 Å². The highest BCUT2D eigenvalue weighted by molar-refractivity contribution is 7.88. The zero-order valence-electron chi connectivity index (χ0n) is 30.2. The van der Waals surface area contributed by atoms with Gasteiger partial charge < -0.3 is 14.0 Å². The lowest BCUT2D eigenvalue weighted by Crippen LogP contribution is -2.46. The lowest BCUT2D eigenvalue weighted by atomic mass is 10.0. The summed E-state index contributed by atoms with van der Waals surface area (Å²) in [5, 5.41) is 1.46. The van der Waals surface area contributed by atoms with E-state index >= 15 is 17.9 Å². The van der Waals surface area contributed by atoms with Gasteiger partial charge in [-0.1, -0.05) is 72.8 Å². The number of nitrogens with zero attached hydrogens (tertiary/aromatic N) is 1. The smallest absolute Gasteiger partial charge is 0.175 e. The van der Waals surface area contributed by atoms with Gasteiger partial charge in [-0.25, -0.2) is 22.0 Å². The van der Waals surface area contributed by atoms with Gasteiger partial charge in [0, 0.05) is 31.8 Å². The van der Waals surface area contributed by atoms with Crippen LogP contribution >= 0.6 is 14.3 Å². The van der Waals surface area contributed by atoms with Gasteiger partial charge >= 0.3 is 0 Å². The normalized spacial score (nSPS) is 17.6. The first-order chi connectivity index (χ1) is 28.0. The molecule has 2 heterocycles. The molecule has 0 aromatic heterocycles. The summed E-state index contributed by atoms with van der Waals surface area (Å²) >= 11 is 0. The molecule has 0 aliphatic carbocycles. The summed E-state index contributed by atoms with van der Waals surface area (Å²) in [5.74, 6) is -2.63. The quantitative estimate of drug-likeness (QED) is 0.128. The summed E-state index contributed by atoms with van der Waals surface area (Å²) in [6.45, 7) is 0. The van der Waals surface area contributed by atoms with Crippen LogP contribution in [0.5, 0.6) is 0 Å². The van der Waals surface area contributed by atoms with Gasteiger partial charge in [0.05, 0.1) is 17.1 Å². The minimum Gasteiger partial charge on any atom is -0.308 e. The van der Waals surface area contributed by atoms with Crippen LogP contribution in [0.15, 0.2) is 170 Å². The van der Waals surface area contributed by atoms with Gasteiger partial charge in [-0.15, -0.1) is 0 Å². The fourth-order valence-corrected chi connectivity index (χ4v) is 14.5. The molecule has 0 radical (unpaired) electrons. The second-order valence-electron chi connectivity index (χ2n) is 14.3. The van der Waals surface area contributed by atoms with E-state index in [0.29, 0.717) is 61.1 Å². The molecule has 0 bridgehead atoms. The van der Waals surface area contributed by atoms with E-state index in [4.69, 9.17) is 0 Å². The van der Waals surface area contributed by atoms with Crippen molar-refractivity contribution in [2.45, 2.75) is 0 Å². The van der Waals surface area contributed by atoms with E-state index < -0.39 is 43.4 Å². The largest absolute Gasteiger partial charge is 0.308 e. The SMILES string of the molecule is O=P1(c2cccc(-c3ccc(F)cc3)c2)c2cc(F)ccc2N2c3ccc(F)cc3P(=O)(c3cccc(-c4cccc(F)c4)c3)c3cc(-c4ccc(F)cc4)cc1c32. The molecule has 3 nitrogen and oxygen atoms in total. The van der Waals surface area contributed by atoms with E-state index in [9.17, 15) is 13.2 Å². The van der Waals surface area contributed by atoms with Crippen LogP contribution in [0.2, 0.25) is 0 Å². The average molecular weight is 808 g/mol. The summed E-state index contributed by atoms with van der Waals surface area (Å²) in [7, 11) is -8.27. The molecule has 2 aliphatic rings. The predicted molar refractivity (Wildman–Crippen MR) is 223 cm³/mol. The second-order valence-corrected chi connectivity index (χ2v) is 19.7. The highest BCUT2D eigenvalue weighted by Gasteiger charge is 2.50. The van der Waals surface area contributed by atoms with Crippen LogP contribution in [0.4, 0.5) is 39.0 Å². The van der Waals surface area contributed by atoms with Gasteiger partial charge in [0.15, 0.2) is 14.3 Å². The highest BCUT2D eigenvalue weighted by Crippen LogP contribution is 2.61. The molecule has 0 amide bonds. The Balaban J connectivity index is 1.33. The molecule has 282 valence electrons. The monoisotopic (exact) mass is 807 g/mol. The van der Waals surface area contributed by atoms with E-state index in [2.05, 4.69) is 0 Å². The van der Waals surface area contributed by atoms with Crippen molar-refractivity contribution in [3.8, 4) is 33.4 Å². The van der Waals surface area contributed by atoms with Crippen molar-refractivity contribution >= 4 is 63.2 Å². The Kier molecular flexibility index (Phi) is 8.31. The predicted octanol–water partition coefficient (Wildman–Crippen LogP) is 10.8. The standard InChI is InChI=1S/C48H28F5NO2P2/c49-35-14-10-29(11-15-35)32-5-2-8-40(23-32)57(55)44-27-38(52)18-20-42(44)54-43-21-19-39(53)28-45(43)58(56,41-9-3-6-33(24-41)31-4-1-7-37(51)22-31)47-26-34(25-46(57)48(47)54)30-12-16-36(50)17-13-30/h1-28H. The molecule has 2 unspecified atom stereocenters. The van der Waals surface area contributed by atoms with Crippen molar-refractivity contribution in [3.63, 3.8) is 0 Å². The Morgan fingerprint density at radius 1 is 0.328 bits per heavy atom. The molecule has 2 aliphatic heterocycles. The van der Waals surface area contributed by atoms with Gasteiger partial charge in [-0.2, -0.15) is 0 Å². The molecular formula is C48H28F5NO2P2. The van der Waals surface area contributed by atoms with E-state index in [1.807, 2.05) is 0 Å².